The summed E-state index contributed by atoms with van der Waals surface area (Å²) in [5.74, 6) is -0.386. The van der Waals surface area contributed by atoms with Gasteiger partial charge >= 0.3 is 5.97 Å². The molecule has 0 atom stereocenters. The zero-order valence-electron chi connectivity index (χ0n) is 16.7. The van der Waals surface area contributed by atoms with Crippen LogP contribution in [0.15, 0.2) is 65.1 Å². The minimum Gasteiger partial charge on any atom is -0.494 e. The van der Waals surface area contributed by atoms with Crippen molar-refractivity contribution in [1.82, 2.24) is 8.96 Å². The van der Waals surface area contributed by atoms with Crippen molar-refractivity contribution in [2.75, 3.05) is 6.61 Å². The van der Waals surface area contributed by atoms with Gasteiger partial charge in [-0.3, -0.25) is 9.78 Å². The molecule has 0 aliphatic carbocycles. The highest BCUT2D eigenvalue weighted by molar-refractivity contribution is 7.92. The van der Waals surface area contributed by atoms with E-state index in [9.17, 15) is 13.2 Å². The van der Waals surface area contributed by atoms with Crippen LogP contribution in [0.3, 0.4) is 0 Å². The first-order chi connectivity index (χ1) is 14.9. The van der Waals surface area contributed by atoms with E-state index < -0.39 is 16.0 Å². The van der Waals surface area contributed by atoms with Crippen LogP contribution in [0, 0.1) is 0 Å². The molecule has 4 aromatic rings. The lowest BCUT2D eigenvalue weighted by Gasteiger charge is -2.07. The molecule has 0 saturated heterocycles. The van der Waals surface area contributed by atoms with E-state index in [1.165, 1.54) is 10.2 Å². The van der Waals surface area contributed by atoms with Crippen molar-refractivity contribution in [2.45, 2.75) is 24.0 Å². The lowest BCUT2D eigenvalue weighted by Crippen LogP contribution is -2.10. The maximum atomic E-state index is 13.5. The molecule has 0 unspecified atom stereocenters. The first-order valence-electron chi connectivity index (χ1n) is 9.65. The number of aromatic nitrogens is 2. The Morgan fingerprint density at radius 3 is 2.74 bits per heavy atom. The Bertz CT molecular complexity index is 1340. The van der Waals surface area contributed by atoms with Crippen molar-refractivity contribution < 1.29 is 23.1 Å². The Kier molecular flexibility index (Phi) is 5.79. The van der Waals surface area contributed by atoms with Crippen LogP contribution in [0.2, 0.25) is 0 Å². The highest BCUT2D eigenvalue weighted by Crippen LogP contribution is 2.34. The van der Waals surface area contributed by atoms with Gasteiger partial charge in [-0.1, -0.05) is 6.07 Å². The van der Waals surface area contributed by atoms with Gasteiger partial charge in [-0.15, -0.1) is 11.3 Å². The van der Waals surface area contributed by atoms with Crippen molar-refractivity contribution in [2.24, 2.45) is 0 Å². The quantitative estimate of drug-likeness (QED) is 0.421. The smallest absolute Gasteiger partial charge is 0.303 e. The Labute approximate surface area is 183 Å². The number of thiophene rings is 1. The van der Waals surface area contributed by atoms with E-state index in [0.29, 0.717) is 34.5 Å². The number of benzene rings is 1. The highest BCUT2D eigenvalue weighted by Gasteiger charge is 2.24. The fraction of sp³-hybridized carbons (Fsp3) is 0.182. The van der Waals surface area contributed by atoms with Gasteiger partial charge in [0.2, 0.25) is 0 Å². The third-order valence-corrected chi connectivity index (χ3v) is 8.01. The second-order valence-corrected chi connectivity index (χ2v) is 9.92. The SMILES string of the molecule is CCOc1ccc2c(CCC(=O)O)cn(S(=O)(=O)c3ccc(-c4ccccn4)s3)c2c1. The third kappa shape index (κ3) is 4.19. The van der Waals surface area contributed by atoms with Crippen LogP contribution in [-0.4, -0.2) is 35.1 Å². The van der Waals surface area contributed by atoms with E-state index in [0.717, 1.165) is 16.2 Å². The molecule has 9 heteroatoms. The predicted molar refractivity (Wildman–Crippen MR) is 119 cm³/mol. The van der Waals surface area contributed by atoms with E-state index in [1.54, 1.807) is 42.6 Å². The van der Waals surface area contributed by atoms with Crippen molar-refractivity contribution in [1.29, 1.82) is 0 Å². The standard InChI is InChI=1S/C22H20N2O5S2/c1-2-29-16-7-8-17-15(6-10-21(25)26)14-24(19(17)13-16)31(27,28)22-11-9-20(30-22)18-5-3-4-12-23-18/h3-5,7-9,11-14H,2,6,10H2,1H3,(H,25,26). The molecule has 1 aromatic carbocycles. The topological polar surface area (TPSA) is 98.5 Å². The van der Waals surface area contributed by atoms with Crippen LogP contribution in [0.5, 0.6) is 5.75 Å². The van der Waals surface area contributed by atoms with E-state index in [-0.39, 0.29) is 17.1 Å². The number of nitrogens with zero attached hydrogens (tertiary/aromatic N) is 2. The average molecular weight is 457 g/mol. The molecule has 0 radical (unpaired) electrons. The molecule has 3 heterocycles. The lowest BCUT2D eigenvalue weighted by molar-refractivity contribution is -0.136. The van der Waals surface area contributed by atoms with Gasteiger partial charge in [-0.05, 0) is 55.3 Å². The van der Waals surface area contributed by atoms with Crippen molar-refractivity contribution in [3.63, 3.8) is 0 Å². The summed E-state index contributed by atoms with van der Waals surface area (Å²) in [6, 6.07) is 14.0. The van der Waals surface area contributed by atoms with Crippen LogP contribution in [0.4, 0.5) is 0 Å². The first-order valence-corrected chi connectivity index (χ1v) is 11.9. The van der Waals surface area contributed by atoms with E-state index >= 15 is 0 Å². The van der Waals surface area contributed by atoms with Gasteiger partial charge in [0.25, 0.3) is 10.0 Å². The zero-order valence-corrected chi connectivity index (χ0v) is 18.3. The molecule has 0 aliphatic rings. The molecule has 0 spiro atoms. The Balaban J connectivity index is 1.82. The van der Waals surface area contributed by atoms with E-state index in [2.05, 4.69) is 4.98 Å². The van der Waals surface area contributed by atoms with Gasteiger partial charge in [0, 0.05) is 30.3 Å². The molecule has 0 saturated carbocycles. The Morgan fingerprint density at radius 1 is 1.19 bits per heavy atom. The number of pyridine rings is 1. The predicted octanol–water partition coefficient (Wildman–Crippen LogP) is 4.42. The number of carboxylic acids is 1. The molecular formula is C22H20N2O5S2. The number of carboxylic acid groups (broad SMARTS) is 1. The number of hydrogen-bond donors (Lipinski definition) is 1. The van der Waals surface area contributed by atoms with Crippen LogP contribution in [0.1, 0.15) is 18.9 Å². The number of ether oxygens (including phenoxy) is 1. The van der Waals surface area contributed by atoms with Gasteiger partial charge in [-0.25, -0.2) is 3.97 Å². The van der Waals surface area contributed by atoms with Gasteiger partial charge in [-0.2, -0.15) is 8.42 Å². The molecule has 1 N–H and O–H groups in total. The summed E-state index contributed by atoms with van der Waals surface area (Å²) in [6.45, 7) is 2.30. The molecule has 3 aromatic heterocycles. The van der Waals surface area contributed by atoms with Crippen LogP contribution < -0.4 is 4.74 Å². The second-order valence-electron chi connectivity index (χ2n) is 6.79. The van der Waals surface area contributed by atoms with Gasteiger partial charge in [0.05, 0.1) is 22.7 Å². The monoisotopic (exact) mass is 456 g/mol. The highest BCUT2D eigenvalue weighted by atomic mass is 32.2. The van der Waals surface area contributed by atoms with Crippen LogP contribution >= 0.6 is 11.3 Å². The van der Waals surface area contributed by atoms with Crippen molar-refractivity contribution in [3.8, 4) is 16.3 Å². The minimum absolute atomic E-state index is 0.0881. The maximum absolute atomic E-state index is 13.5. The van der Waals surface area contributed by atoms with E-state index in [1.807, 2.05) is 19.1 Å². The molecule has 0 amide bonds. The number of hydrogen-bond acceptors (Lipinski definition) is 6. The molecule has 0 fully saturated rings. The summed E-state index contributed by atoms with van der Waals surface area (Å²) in [6.07, 6.45) is 3.31. The fourth-order valence-electron chi connectivity index (χ4n) is 3.34. The third-order valence-electron chi connectivity index (χ3n) is 4.76. The molecule has 160 valence electrons. The Hall–Kier alpha value is -3.17. The summed E-state index contributed by atoms with van der Waals surface area (Å²) in [4.78, 5) is 16.1. The van der Waals surface area contributed by atoms with Crippen LogP contribution in [0.25, 0.3) is 21.5 Å². The van der Waals surface area contributed by atoms with E-state index in [4.69, 9.17) is 9.84 Å². The fourth-order valence-corrected chi connectivity index (χ4v) is 6.10. The van der Waals surface area contributed by atoms with Gasteiger partial charge in [0.1, 0.15) is 9.96 Å². The Morgan fingerprint density at radius 2 is 2.03 bits per heavy atom. The van der Waals surface area contributed by atoms with Crippen LogP contribution in [-0.2, 0) is 21.2 Å². The summed E-state index contributed by atoms with van der Waals surface area (Å²) in [5.41, 5.74) is 1.82. The van der Waals surface area contributed by atoms with Crippen molar-refractivity contribution in [3.05, 3.63) is 66.5 Å². The maximum Gasteiger partial charge on any atom is 0.303 e. The second kappa shape index (κ2) is 8.52. The largest absolute Gasteiger partial charge is 0.494 e. The number of carbonyl (C=O) groups is 1. The summed E-state index contributed by atoms with van der Waals surface area (Å²) < 4.78 is 34.0. The molecule has 0 bridgehead atoms. The first kappa shape index (κ1) is 21.1. The van der Waals surface area contributed by atoms with Crippen molar-refractivity contribution >= 4 is 38.2 Å². The minimum atomic E-state index is -3.90. The molecule has 4 rings (SSSR count). The summed E-state index contributed by atoms with van der Waals surface area (Å²) in [5, 5.41) is 9.76. The zero-order chi connectivity index (χ0) is 22.0. The number of rotatable bonds is 8. The number of aryl methyl sites for hydroxylation is 1. The van der Waals surface area contributed by atoms with Gasteiger partial charge < -0.3 is 9.84 Å². The number of fused-ring (bicyclic) bond motifs is 1. The molecular weight excluding hydrogens is 436 g/mol. The summed E-state index contributed by atoms with van der Waals surface area (Å²) >= 11 is 1.14. The number of aliphatic carboxylic acids is 1. The molecule has 0 aliphatic heterocycles. The molecule has 7 nitrogen and oxygen atoms in total. The normalized spacial score (nSPS) is 11.6. The van der Waals surface area contributed by atoms with Gasteiger partial charge in [0.15, 0.2) is 0 Å². The lowest BCUT2D eigenvalue weighted by atomic mass is 10.1. The average Bonchev–Trinajstić information content (AvgIpc) is 3.39. The summed E-state index contributed by atoms with van der Waals surface area (Å²) in [7, 11) is -3.90. The molecule has 31 heavy (non-hydrogen) atoms.